The standard InChI is InChI=1S/C27H48O2/c1-17(2)7-6-8-18(3)21-12-13-22-20-11-9-19-10-14-24(28)25(29)27(19,5)23(20)15-16-26(21,22)4/h17-25,28-29H,6-16H2,1-5H3/t18-,19?,20+,21-,22+,23+,24?,25?,26-,27+/m1/s1. The number of hydrogen-bond donors (Lipinski definition) is 2. The zero-order valence-corrected chi connectivity index (χ0v) is 19.9. The van der Waals surface area contributed by atoms with Crippen LogP contribution in [0.3, 0.4) is 0 Å². The van der Waals surface area contributed by atoms with E-state index in [1.54, 1.807) is 0 Å². The molecular weight excluding hydrogens is 356 g/mol. The van der Waals surface area contributed by atoms with Gasteiger partial charge in [-0.05, 0) is 98.2 Å². The number of fused-ring (bicyclic) bond motifs is 5. The highest BCUT2D eigenvalue weighted by Crippen LogP contribution is 2.68. The fourth-order valence-corrected chi connectivity index (χ4v) is 9.35. The quantitative estimate of drug-likeness (QED) is 0.553. The van der Waals surface area contributed by atoms with Crippen LogP contribution < -0.4 is 0 Å². The van der Waals surface area contributed by atoms with Crippen LogP contribution in [-0.4, -0.2) is 22.4 Å². The van der Waals surface area contributed by atoms with Crippen molar-refractivity contribution in [2.75, 3.05) is 0 Å². The molecule has 4 aliphatic carbocycles. The average molecular weight is 405 g/mol. The zero-order valence-electron chi connectivity index (χ0n) is 19.9. The summed E-state index contributed by atoms with van der Waals surface area (Å²) in [5, 5.41) is 21.6. The molecule has 2 heteroatoms. The molecule has 0 radical (unpaired) electrons. The lowest BCUT2D eigenvalue weighted by atomic mass is 9.43. The van der Waals surface area contributed by atoms with Crippen molar-refractivity contribution in [2.45, 2.75) is 117 Å². The minimum Gasteiger partial charge on any atom is -0.390 e. The topological polar surface area (TPSA) is 40.5 Å². The Bertz CT molecular complexity index is 569. The van der Waals surface area contributed by atoms with Gasteiger partial charge in [0.1, 0.15) is 0 Å². The van der Waals surface area contributed by atoms with Crippen molar-refractivity contribution in [3.63, 3.8) is 0 Å². The monoisotopic (exact) mass is 404 g/mol. The molecule has 4 aliphatic rings. The molecule has 0 aliphatic heterocycles. The van der Waals surface area contributed by atoms with Crippen molar-refractivity contribution >= 4 is 0 Å². The van der Waals surface area contributed by atoms with Gasteiger partial charge in [0.15, 0.2) is 0 Å². The molecule has 4 rings (SSSR count). The van der Waals surface area contributed by atoms with Gasteiger partial charge in [0.2, 0.25) is 0 Å². The van der Waals surface area contributed by atoms with Crippen LogP contribution in [0.25, 0.3) is 0 Å². The molecule has 0 aromatic rings. The molecule has 3 unspecified atom stereocenters. The van der Waals surface area contributed by atoms with Crippen LogP contribution in [0, 0.1) is 52.3 Å². The summed E-state index contributed by atoms with van der Waals surface area (Å²) >= 11 is 0. The summed E-state index contributed by atoms with van der Waals surface area (Å²) in [6, 6.07) is 0. The van der Waals surface area contributed by atoms with E-state index in [4.69, 9.17) is 0 Å². The summed E-state index contributed by atoms with van der Waals surface area (Å²) in [5.74, 6) is 5.46. The molecule has 0 aromatic carbocycles. The Hall–Kier alpha value is -0.0800. The van der Waals surface area contributed by atoms with Crippen LogP contribution in [0.15, 0.2) is 0 Å². The second-order valence-corrected chi connectivity index (χ2v) is 12.6. The molecule has 0 spiro atoms. The number of aliphatic hydroxyl groups is 2. The van der Waals surface area contributed by atoms with E-state index in [0.29, 0.717) is 17.3 Å². The maximum Gasteiger partial charge on any atom is 0.0857 e. The maximum absolute atomic E-state index is 11.1. The number of hydrogen-bond acceptors (Lipinski definition) is 2. The first kappa shape index (κ1) is 22.1. The van der Waals surface area contributed by atoms with E-state index < -0.39 is 12.2 Å². The Morgan fingerprint density at radius 2 is 1.55 bits per heavy atom. The molecule has 4 saturated carbocycles. The second kappa shape index (κ2) is 8.12. The molecule has 0 saturated heterocycles. The van der Waals surface area contributed by atoms with E-state index in [9.17, 15) is 10.2 Å². The molecule has 0 heterocycles. The predicted molar refractivity (Wildman–Crippen MR) is 120 cm³/mol. The van der Waals surface area contributed by atoms with Gasteiger partial charge in [-0.3, -0.25) is 0 Å². The van der Waals surface area contributed by atoms with Gasteiger partial charge in [-0.25, -0.2) is 0 Å². The van der Waals surface area contributed by atoms with Crippen LogP contribution in [-0.2, 0) is 0 Å². The molecule has 0 bridgehead atoms. The summed E-state index contributed by atoms with van der Waals surface area (Å²) in [5.41, 5.74) is 0.461. The normalized spacial score (nSPS) is 50.7. The van der Waals surface area contributed by atoms with Crippen LogP contribution in [0.5, 0.6) is 0 Å². The lowest BCUT2D eigenvalue weighted by molar-refractivity contribution is -0.196. The third kappa shape index (κ3) is 3.53. The first-order valence-electron chi connectivity index (χ1n) is 13.1. The van der Waals surface area contributed by atoms with Gasteiger partial charge in [-0.15, -0.1) is 0 Å². The number of aliphatic hydroxyl groups excluding tert-OH is 2. The third-order valence-electron chi connectivity index (χ3n) is 11.0. The highest BCUT2D eigenvalue weighted by atomic mass is 16.3. The molecule has 10 atom stereocenters. The van der Waals surface area contributed by atoms with Crippen molar-refractivity contribution in [3.05, 3.63) is 0 Å². The van der Waals surface area contributed by atoms with Gasteiger partial charge in [-0.2, -0.15) is 0 Å². The Balaban J connectivity index is 1.50. The van der Waals surface area contributed by atoms with E-state index >= 15 is 0 Å². The van der Waals surface area contributed by atoms with Crippen molar-refractivity contribution in [1.82, 2.24) is 0 Å². The molecular formula is C27H48O2. The Morgan fingerprint density at radius 1 is 0.828 bits per heavy atom. The van der Waals surface area contributed by atoms with Gasteiger partial charge in [0.05, 0.1) is 12.2 Å². The van der Waals surface area contributed by atoms with Crippen LogP contribution in [0.4, 0.5) is 0 Å². The summed E-state index contributed by atoms with van der Waals surface area (Å²) in [6.45, 7) is 12.2. The molecule has 168 valence electrons. The van der Waals surface area contributed by atoms with Crippen molar-refractivity contribution in [2.24, 2.45) is 52.3 Å². The van der Waals surface area contributed by atoms with E-state index in [1.165, 1.54) is 57.8 Å². The zero-order chi connectivity index (χ0) is 21.0. The lowest BCUT2D eigenvalue weighted by Crippen LogP contribution is -2.60. The predicted octanol–water partition coefficient (Wildman–Crippen LogP) is 6.44. The van der Waals surface area contributed by atoms with Gasteiger partial charge >= 0.3 is 0 Å². The van der Waals surface area contributed by atoms with Crippen molar-refractivity contribution in [3.8, 4) is 0 Å². The van der Waals surface area contributed by atoms with Crippen LogP contribution >= 0.6 is 0 Å². The van der Waals surface area contributed by atoms with Gasteiger partial charge in [-0.1, -0.05) is 53.9 Å². The fourth-order valence-electron chi connectivity index (χ4n) is 9.35. The van der Waals surface area contributed by atoms with Gasteiger partial charge in [0.25, 0.3) is 0 Å². The largest absolute Gasteiger partial charge is 0.390 e. The fraction of sp³-hybridized carbons (Fsp3) is 1.00. The van der Waals surface area contributed by atoms with Crippen LogP contribution in [0.1, 0.15) is 105 Å². The van der Waals surface area contributed by atoms with Crippen LogP contribution in [0.2, 0.25) is 0 Å². The molecule has 2 N–H and O–H groups in total. The SMILES string of the molecule is CC(C)CCC[C@@H](C)[C@H]1CC[C@H]2[C@@H]3CCC4CCC(O)C(O)[C@]4(C)[C@H]3CC[C@]12C. The minimum atomic E-state index is -0.509. The first-order valence-corrected chi connectivity index (χ1v) is 13.1. The molecule has 2 nitrogen and oxygen atoms in total. The van der Waals surface area contributed by atoms with E-state index in [1.807, 2.05) is 0 Å². The molecule has 0 amide bonds. The summed E-state index contributed by atoms with van der Waals surface area (Å²) in [4.78, 5) is 0. The number of rotatable bonds is 5. The highest BCUT2D eigenvalue weighted by molar-refractivity contribution is 5.12. The Labute approximate surface area is 180 Å². The lowest BCUT2D eigenvalue weighted by Gasteiger charge is -2.62. The summed E-state index contributed by atoms with van der Waals surface area (Å²) in [7, 11) is 0. The van der Waals surface area contributed by atoms with Crippen molar-refractivity contribution in [1.29, 1.82) is 0 Å². The molecule has 29 heavy (non-hydrogen) atoms. The summed E-state index contributed by atoms with van der Waals surface area (Å²) < 4.78 is 0. The van der Waals surface area contributed by atoms with Crippen molar-refractivity contribution < 1.29 is 10.2 Å². The maximum atomic E-state index is 11.1. The smallest absolute Gasteiger partial charge is 0.0857 e. The minimum absolute atomic E-state index is 0.0527. The van der Waals surface area contributed by atoms with Gasteiger partial charge in [0, 0.05) is 5.41 Å². The second-order valence-electron chi connectivity index (χ2n) is 12.6. The highest BCUT2D eigenvalue weighted by Gasteiger charge is 2.62. The summed E-state index contributed by atoms with van der Waals surface area (Å²) in [6.07, 6.45) is 13.2. The average Bonchev–Trinajstić information content (AvgIpc) is 3.02. The third-order valence-corrected chi connectivity index (χ3v) is 11.0. The van der Waals surface area contributed by atoms with E-state index in [2.05, 4.69) is 34.6 Å². The Morgan fingerprint density at radius 3 is 2.28 bits per heavy atom. The first-order chi connectivity index (χ1) is 13.7. The molecule has 0 aromatic heterocycles. The Kier molecular flexibility index (Phi) is 6.19. The van der Waals surface area contributed by atoms with E-state index in [0.717, 1.165) is 42.4 Å². The molecule has 4 fully saturated rings. The van der Waals surface area contributed by atoms with Gasteiger partial charge < -0.3 is 10.2 Å². The van der Waals surface area contributed by atoms with E-state index in [-0.39, 0.29) is 5.41 Å².